The van der Waals surface area contributed by atoms with E-state index in [0.29, 0.717) is 6.04 Å². The fourth-order valence-electron chi connectivity index (χ4n) is 2.87. The van der Waals surface area contributed by atoms with Crippen LogP contribution in [0.3, 0.4) is 0 Å². The molecule has 0 spiro atoms. The smallest absolute Gasteiger partial charge is 0.131 e. The van der Waals surface area contributed by atoms with Crippen LogP contribution < -0.4 is 5.32 Å². The quantitative estimate of drug-likeness (QED) is 0.916. The van der Waals surface area contributed by atoms with Crippen molar-refractivity contribution in [2.75, 3.05) is 32.1 Å². The van der Waals surface area contributed by atoms with Crippen LogP contribution in [0.25, 0.3) is 10.9 Å². The van der Waals surface area contributed by atoms with Gasteiger partial charge in [0.15, 0.2) is 0 Å². The van der Waals surface area contributed by atoms with E-state index in [-0.39, 0.29) is 0 Å². The number of hydrogen-bond acceptors (Lipinski definition) is 4. The van der Waals surface area contributed by atoms with Crippen LogP contribution in [0.15, 0.2) is 30.3 Å². The van der Waals surface area contributed by atoms with Gasteiger partial charge in [0.1, 0.15) is 5.82 Å². The number of hydrogen-bond donors (Lipinski definition) is 1. The second-order valence-electron chi connectivity index (χ2n) is 5.65. The molecule has 2 heterocycles. The van der Waals surface area contributed by atoms with Crippen molar-refractivity contribution in [2.45, 2.75) is 25.9 Å². The monoisotopic (exact) mass is 285 g/mol. The number of pyridine rings is 1. The number of likely N-dealkylation sites (N-methyl/N-ethyl adjacent to an activating group) is 1. The Morgan fingerprint density at radius 2 is 2.24 bits per heavy atom. The molecule has 1 aliphatic rings. The summed E-state index contributed by atoms with van der Waals surface area (Å²) >= 11 is 0. The van der Waals surface area contributed by atoms with Crippen LogP contribution in [0.1, 0.15) is 18.9 Å². The number of benzene rings is 1. The molecule has 1 fully saturated rings. The van der Waals surface area contributed by atoms with Crippen molar-refractivity contribution in [3.8, 4) is 0 Å². The topological polar surface area (TPSA) is 37.4 Å². The third-order valence-electron chi connectivity index (χ3n) is 4.10. The van der Waals surface area contributed by atoms with Crippen LogP contribution in [0.4, 0.5) is 5.82 Å². The first-order valence-electron chi connectivity index (χ1n) is 7.68. The second-order valence-corrected chi connectivity index (χ2v) is 5.65. The average molecular weight is 285 g/mol. The summed E-state index contributed by atoms with van der Waals surface area (Å²) in [5.74, 6) is 1.00. The molecule has 1 aromatic carbocycles. The third kappa shape index (κ3) is 3.17. The minimum Gasteiger partial charge on any atom is -0.380 e. The van der Waals surface area contributed by atoms with Gasteiger partial charge in [0.05, 0.1) is 12.1 Å². The van der Waals surface area contributed by atoms with E-state index in [0.717, 1.165) is 44.1 Å². The van der Waals surface area contributed by atoms with Gasteiger partial charge in [0.25, 0.3) is 0 Å². The predicted molar refractivity (Wildman–Crippen MR) is 86.6 cm³/mol. The van der Waals surface area contributed by atoms with Gasteiger partial charge in [-0.25, -0.2) is 4.98 Å². The number of ether oxygens (including phenoxy) is 1. The Morgan fingerprint density at radius 3 is 3.00 bits per heavy atom. The fourth-order valence-corrected chi connectivity index (χ4v) is 2.87. The summed E-state index contributed by atoms with van der Waals surface area (Å²) in [6.45, 7) is 5.61. The number of nitrogens with zero attached hydrogens (tertiary/aromatic N) is 2. The molecule has 4 nitrogen and oxygen atoms in total. The lowest BCUT2D eigenvalue weighted by Gasteiger charge is -2.24. The first-order valence-corrected chi connectivity index (χ1v) is 7.68. The van der Waals surface area contributed by atoms with Gasteiger partial charge in [-0.3, -0.25) is 4.90 Å². The minimum atomic E-state index is 0.519. The Hall–Kier alpha value is -1.65. The maximum Gasteiger partial charge on any atom is 0.131 e. The fraction of sp³-hybridized carbons (Fsp3) is 0.471. The Kier molecular flexibility index (Phi) is 4.36. The zero-order valence-corrected chi connectivity index (χ0v) is 12.8. The van der Waals surface area contributed by atoms with E-state index in [1.165, 1.54) is 10.9 Å². The average Bonchev–Trinajstić information content (AvgIpc) is 3.02. The van der Waals surface area contributed by atoms with E-state index in [9.17, 15) is 0 Å². The highest BCUT2D eigenvalue weighted by atomic mass is 16.5. The predicted octanol–water partition coefficient (Wildman–Crippen LogP) is 2.89. The number of para-hydroxylation sites is 1. The summed E-state index contributed by atoms with van der Waals surface area (Å²) in [6.07, 6.45) is 1.12. The van der Waals surface area contributed by atoms with Gasteiger partial charge in [0, 0.05) is 36.7 Å². The lowest BCUT2D eigenvalue weighted by Crippen LogP contribution is -2.31. The van der Waals surface area contributed by atoms with Gasteiger partial charge in [-0.1, -0.05) is 18.2 Å². The highest BCUT2D eigenvalue weighted by Gasteiger charge is 2.21. The molecule has 1 saturated heterocycles. The van der Waals surface area contributed by atoms with E-state index in [2.05, 4.69) is 48.5 Å². The lowest BCUT2D eigenvalue weighted by atomic mass is 10.1. The molecule has 1 N–H and O–H groups in total. The van der Waals surface area contributed by atoms with Gasteiger partial charge in [0.2, 0.25) is 0 Å². The van der Waals surface area contributed by atoms with Crippen LogP contribution in [-0.2, 0) is 11.3 Å². The summed E-state index contributed by atoms with van der Waals surface area (Å²) in [6, 6.07) is 11.1. The molecule has 4 heteroatoms. The van der Waals surface area contributed by atoms with E-state index < -0.39 is 0 Å². The Balaban J connectivity index is 1.89. The SMILES string of the molecule is CCNc1nc2ccccc2cc1CN(C)C1CCOC1. The molecule has 3 rings (SSSR count). The molecule has 1 aliphatic heterocycles. The third-order valence-corrected chi connectivity index (χ3v) is 4.10. The molecule has 21 heavy (non-hydrogen) atoms. The summed E-state index contributed by atoms with van der Waals surface area (Å²) < 4.78 is 5.49. The molecular formula is C17H23N3O. The Labute approximate surface area is 126 Å². The Morgan fingerprint density at radius 1 is 1.38 bits per heavy atom. The van der Waals surface area contributed by atoms with Crippen molar-refractivity contribution < 1.29 is 4.74 Å². The molecule has 2 aromatic rings. The van der Waals surface area contributed by atoms with Gasteiger partial charge >= 0.3 is 0 Å². The zero-order valence-electron chi connectivity index (χ0n) is 12.8. The van der Waals surface area contributed by atoms with Crippen molar-refractivity contribution in [1.29, 1.82) is 0 Å². The maximum absolute atomic E-state index is 5.49. The minimum absolute atomic E-state index is 0.519. The number of nitrogens with one attached hydrogen (secondary N) is 1. The molecule has 112 valence electrons. The van der Waals surface area contributed by atoms with Crippen molar-refractivity contribution >= 4 is 16.7 Å². The highest BCUT2D eigenvalue weighted by molar-refractivity contribution is 5.81. The highest BCUT2D eigenvalue weighted by Crippen LogP contribution is 2.23. The number of fused-ring (bicyclic) bond motifs is 1. The zero-order chi connectivity index (χ0) is 14.7. The number of aromatic nitrogens is 1. The normalized spacial score (nSPS) is 18.5. The van der Waals surface area contributed by atoms with E-state index in [4.69, 9.17) is 9.72 Å². The lowest BCUT2D eigenvalue weighted by molar-refractivity contribution is 0.156. The summed E-state index contributed by atoms with van der Waals surface area (Å²) in [7, 11) is 2.17. The van der Waals surface area contributed by atoms with Crippen LogP contribution >= 0.6 is 0 Å². The van der Waals surface area contributed by atoms with E-state index in [1.807, 2.05) is 6.07 Å². The van der Waals surface area contributed by atoms with Gasteiger partial charge in [-0.05, 0) is 32.5 Å². The molecule has 1 atom stereocenters. The van der Waals surface area contributed by atoms with Crippen molar-refractivity contribution in [2.24, 2.45) is 0 Å². The molecule has 1 unspecified atom stereocenters. The van der Waals surface area contributed by atoms with Crippen molar-refractivity contribution in [3.05, 3.63) is 35.9 Å². The van der Waals surface area contributed by atoms with Crippen LogP contribution in [0.5, 0.6) is 0 Å². The first-order chi connectivity index (χ1) is 10.3. The molecule has 1 aromatic heterocycles. The summed E-state index contributed by atoms with van der Waals surface area (Å²) in [5.41, 5.74) is 2.30. The van der Waals surface area contributed by atoms with E-state index >= 15 is 0 Å². The first kappa shape index (κ1) is 14.3. The van der Waals surface area contributed by atoms with Gasteiger partial charge in [-0.15, -0.1) is 0 Å². The van der Waals surface area contributed by atoms with Crippen molar-refractivity contribution in [3.63, 3.8) is 0 Å². The summed E-state index contributed by atoms with van der Waals surface area (Å²) in [4.78, 5) is 7.15. The molecule has 0 amide bonds. The summed E-state index contributed by atoms with van der Waals surface area (Å²) in [5, 5.41) is 4.59. The van der Waals surface area contributed by atoms with Crippen LogP contribution in [0.2, 0.25) is 0 Å². The molecule has 0 bridgehead atoms. The van der Waals surface area contributed by atoms with Crippen LogP contribution in [0, 0.1) is 0 Å². The maximum atomic E-state index is 5.49. The Bertz CT molecular complexity index is 608. The standard InChI is InChI=1S/C17H23N3O/c1-3-18-17-14(11-20(2)15-8-9-21-12-15)10-13-6-4-5-7-16(13)19-17/h4-7,10,15H,3,8-9,11-12H2,1-2H3,(H,18,19). The largest absolute Gasteiger partial charge is 0.380 e. The second kappa shape index (κ2) is 6.41. The van der Waals surface area contributed by atoms with E-state index in [1.54, 1.807) is 0 Å². The number of rotatable bonds is 5. The molecular weight excluding hydrogens is 262 g/mol. The molecule has 0 saturated carbocycles. The van der Waals surface area contributed by atoms with Gasteiger partial charge < -0.3 is 10.1 Å². The molecule has 0 aliphatic carbocycles. The van der Waals surface area contributed by atoms with Crippen molar-refractivity contribution in [1.82, 2.24) is 9.88 Å². The number of anilines is 1. The van der Waals surface area contributed by atoms with Gasteiger partial charge in [-0.2, -0.15) is 0 Å². The molecule has 0 radical (unpaired) electrons. The van der Waals surface area contributed by atoms with Crippen LogP contribution in [-0.4, -0.2) is 42.7 Å².